The molecule has 6 nitrogen and oxygen atoms in total. The number of carbonyl (C=O) groups is 2. The van der Waals surface area contributed by atoms with Crippen molar-refractivity contribution in [3.63, 3.8) is 0 Å². The van der Waals surface area contributed by atoms with E-state index in [1.807, 2.05) is 13.8 Å². The maximum atomic E-state index is 11.5. The molecule has 0 unspecified atom stereocenters. The summed E-state index contributed by atoms with van der Waals surface area (Å²) in [5.74, 6) is -1.15. The fourth-order valence-electron chi connectivity index (χ4n) is 1.18. The van der Waals surface area contributed by atoms with Crippen LogP contribution in [0, 0.1) is 5.92 Å². The molecular formula is C11H16N2O4. The predicted octanol–water partition coefficient (Wildman–Crippen LogP) is 0.577. The monoisotopic (exact) mass is 240 g/mol. The van der Waals surface area contributed by atoms with Crippen molar-refractivity contribution in [2.45, 2.75) is 26.4 Å². The van der Waals surface area contributed by atoms with Gasteiger partial charge in [0.2, 0.25) is 11.7 Å². The lowest BCUT2D eigenvalue weighted by molar-refractivity contribution is -0.123. The van der Waals surface area contributed by atoms with Crippen LogP contribution in [0.25, 0.3) is 0 Å². The van der Waals surface area contributed by atoms with Gasteiger partial charge in [-0.3, -0.25) is 4.79 Å². The lowest BCUT2D eigenvalue weighted by atomic mass is 10.1. The Balaban J connectivity index is 2.50. The van der Waals surface area contributed by atoms with Crippen molar-refractivity contribution < 1.29 is 19.1 Å². The van der Waals surface area contributed by atoms with E-state index in [2.05, 4.69) is 5.32 Å². The van der Waals surface area contributed by atoms with E-state index >= 15 is 0 Å². The van der Waals surface area contributed by atoms with E-state index in [0.717, 1.165) is 0 Å². The summed E-state index contributed by atoms with van der Waals surface area (Å²) in [5.41, 5.74) is 5.64. The Bertz CT molecular complexity index is 411. The maximum absolute atomic E-state index is 11.5. The lowest BCUT2D eigenvalue weighted by Gasteiger charge is -2.14. The third-order valence-electron chi connectivity index (χ3n) is 2.33. The largest absolute Gasteiger partial charge is 0.475 e. The lowest BCUT2D eigenvalue weighted by Crippen LogP contribution is -2.43. The SMILES string of the molecule is CC(C)[C@@H](N)C(=O)NCc1ccc(C(=O)O)o1. The van der Waals surface area contributed by atoms with Crippen LogP contribution in [0.5, 0.6) is 0 Å². The van der Waals surface area contributed by atoms with Gasteiger partial charge < -0.3 is 20.6 Å². The maximum Gasteiger partial charge on any atom is 0.371 e. The number of carboxylic acids is 1. The quantitative estimate of drug-likeness (QED) is 0.698. The topological polar surface area (TPSA) is 106 Å². The first-order chi connectivity index (χ1) is 7.91. The number of furan rings is 1. The highest BCUT2D eigenvalue weighted by Gasteiger charge is 2.17. The van der Waals surface area contributed by atoms with Crippen LogP contribution in [0.4, 0.5) is 0 Å². The van der Waals surface area contributed by atoms with Gasteiger partial charge in [0.05, 0.1) is 12.6 Å². The molecule has 1 rings (SSSR count). The second-order valence-corrected chi connectivity index (χ2v) is 4.06. The number of carbonyl (C=O) groups excluding carboxylic acids is 1. The van der Waals surface area contributed by atoms with Gasteiger partial charge in [0.15, 0.2) is 0 Å². The molecule has 0 radical (unpaired) electrons. The Morgan fingerprint density at radius 1 is 1.47 bits per heavy atom. The van der Waals surface area contributed by atoms with Crippen LogP contribution >= 0.6 is 0 Å². The molecule has 0 aliphatic rings. The normalized spacial score (nSPS) is 12.5. The predicted molar refractivity (Wildman–Crippen MR) is 60.3 cm³/mol. The molecule has 6 heteroatoms. The number of nitrogens with two attached hydrogens (primary N) is 1. The van der Waals surface area contributed by atoms with Crippen LogP contribution in [0.2, 0.25) is 0 Å². The molecule has 0 saturated heterocycles. The third kappa shape index (κ3) is 3.60. The van der Waals surface area contributed by atoms with Crippen molar-refractivity contribution in [2.75, 3.05) is 0 Å². The Hall–Kier alpha value is -1.82. The van der Waals surface area contributed by atoms with Crippen LogP contribution < -0.4 is 11.1 Å². The summed E-state index contributed by atoms with van der Waals surface area (Å²) in [6.45, 7) is 3.83. The van der Waals surface area contributed by atoms with E-state index in [4.69, 9.17) is 15.3 Å². The highest BCUT2D eigenvalue weighted by molar-refractivity contribution is 5.84. The van der Waals surface area contributed by atoms with Gasteiger partial charge in [0, 0.05) is 0 Å². The Morgan fingerprint density at radius 2 is 2.12 bits per heavy atom. The minimum absolute atomic E-state index is 0.0428. The molecule has 0 aliphatic heterocycles. The Kier molecular flexibility index (Phi) is 4.28. The molecule has 1 atom stereocenters. The summed E-state index contributed by atoms with van der Waals surface area (Å²) in [6, 6.07) is 2.26. The zero-order valence-corrected chi connectivity index (χ0v) is 9.77. The van der Waals surface area contributed by atoms with Crippen molar-refractivity contribution in [1.29, 1.82) is 0 Å². The van der Waals surface area contributed by atoms with Gasteiger partial charge in [-0.05, 0) is 18.1 Å². The van der Waals surface area contributed by atoms with E-state index in [1.165, 1.54) is 12.1 Å². The number of hydrogen-bond acceptors (Lipinski definition) is 4. The first-order valence-corrected chi connectivity index (χ1v) is 5.27. The molecule has 0 saturated carbocycles. The summed E-state index contributed by atoms with van der Waals surface area (Å²) >= 11 is 0. The van der Waals surface area contributed by atoms with Gasteiger partial charge in [0.1, 0.15) is 5.76 Å². The average Bonchev–Trinajstić information content (AvgIpc) is 2.73. The summed E-state index contributed by atoms with van der Waals surface area (Å²) in [7, 11) is 0. The number of rotatable bonds is 5. The Morgan fingerprint density at radius 3 is 2.59 bits per heavy atom. The van der Waals surface area contributed by atoms with E-state index in [-0.39, 0.29) is 24.1 Å². The molecule has 4 N–H and O–H groups in total. The third-order valence-corrected chi connectivity index (χ3v) is 2.33. The van der Waals surface area contributed by atoms with E-state index in [9.17, 15) is 9.59 Å². The van der Waals surface area contributed by atoms with Crippen molar-refractivity contribution in [2.24, 2.45) is 11.7 Å². The second kappa shape index (κ2) is 5.49. The molecule has 0 aromatic carbocycles. The second-order valence-electron chi connectivity index (χ2n) is 4.06. The number of carboxylic acid groups (broad SMARTS) is 1. The Labute approximate surface area is 98.8 Å². The zero-order valence-electron chi connectivity index (χ0n) is 9.77. The molecule has 17 heavy (non-hydrogen) atoms. The van der Waals surface area contributed by atoms with E-state index < -0.39 is 12.0 Å². The number of hydrogen-bond donors (Lipinski definition) is 3. The zero-order chi connectivity index (χ0) is 13.0. The minimum Gasteiger partial charge on any atom is -0.475 e. The van der Waals surface area contributed by atoms with Gasteiger partial charge in [-0.25, -0.2) is 4.79 Å². The standard InChI is InChI=1S/C11H16N2O4/c1-6(2)9(12)10(14)13-5-7-3-4-8(17-7)11(15)16/h3-4,6,9H,5,12H2,1-2H3,(H,13,14)(H,15,16)/t9-/m1/s1. The molecule has 1 amide bonds. The fourth-order valence-corrected chi connectivity index (χ4v) is 1.18. The van der Waals surface area contributed by atoms with Crippen LogP contribution in [-0.4, -0.2) is 23.0 Å². The van der Waals surface area contributed by atoms with Gasteiger partial charge in [0.25, 0.3) is 0 Å². The van der Waals surface area contributed by atoms with Crippen LogP contribution in [0.1, 0.15) is 30.2 Å². The van der Waals surface area contributed by atoms with Crippen molar-refractivity contribution >= 4 is 11.9 Å². The van der Waals surface area contributed by atoms with Crippen molar-refractivity contribution in [3.05, 3.63) is 23.7 Å². The first-order valence-electron chi connectivity index (χ1n) is 5.27. The van der Waals surface area contributed by atoms with Crippen LogP contribution in [-0.2, 0) is 11.3 Å². The molecule has 1 aromatic rings. The molecular weight excluding hydrogens is 224 g/mol. The van der Waals surface area contributed by atoms with Crippen molar-refractivity contribution in [1.82, 2.24) is 5.32 Å². The number of aromatic carboxylic acids is 1. The van der Waals surface area contributed by atoms with E-state index in [1.54, 1.807) is 0 Å². The summed E-state index contributed by atoms with van der Waals surface area (Å²) in [6.07, 6.45) is 0. The molecule has 0 aliphatic carbocycles. The first kappa shape index (κ1) is 13.2. The fraction of sp³-hybridized carbons (Fsp3) is 0.455. The summed E-state index contributed by atoms with van der Waals surface area (Å²) < 4.78 is 4.98. The summed E-state index contributed by atoms with van der Waals surface area (Å²) in [5, 5.41) is 11.2. The number of nitrogens with one attached hydrogen (secondary N) is 1. The highest BCUT2D eigenvalue weighted by atomic mass is 16.4. The molecule has 0 bridgehead atoms. The highest BCUT2D eigenvalue weighted by Crippen LogP contribution is 2.07. The van der Waals surface area contributed by atoms with Gasteiger partial charge >= 0.3 is 5.97 Å². The molecule has 1 heterocycles. The smallest absolute Gasteiger partial charge is 0.371 e. The van der Waals surface area contributed by atoms with Gasteiger partial charge in [-0.15, -0.1) is 0 Å². The molecule has 0 spiro atoms. The van der Waals surface area contributed by atoms with Gasteiger partial charge in [-0.2, -0.15) is 0 Å². The number of amides is 1. The minimum atomic E-state index is -1.14. The molecule has 1 aromatic heterocycles. The summed E-state index contributed by atoms with van der Waals surface area (Å²) in [4.78, 5) is 22.1. The van der Waals surface area contributed by atoms with Crippen LogP contribution in [0.3, 0.4) is 0 Å². The average molecular weight is 240 g/mol. The molecule has 0 fully saturated rings. The van der Waals surface area contributed by atoms with Gasteiger partial charge in [-0.1, -0.05) is 13.8 Å². The van der Waals surface area contributed by atoms with Crippen molar-refractivity contribution in [3.8, 4) is 0 Å². The van der Waals surface area contributed by atoms with E-state index in [0.29, 0.717) is 5.76 Å². The van der Waals surface area contributed by atoms with Crippen LogP contribution in [0.15, 0.2) is 16.5 Å². The molecule has 94 valence electrons.